The molecule has 7 nitrogen and oxygen atoms in total. The van der Waals surface area contributed by atoms with Crippen LogP contribution >= 0.6 is 0 Å². The van der Waals surface area contributed by atoms with E-state index in [0.29, 0.717) is 29.4 Å². The molecule has 0 bridgehead atoms. The summed E-state index contributed by atoms with van der Waals surface area (Å²) in [5.41, 5.74) is 7.80. The fourth-order valence-electron chi connectivity index (χ4n) is 3.75. The molecule has 0 amide bonds. The van der Waals surface area contributed by atoms with Crippen molar-refractivity contribution in [2.45, 2.75) is 18.9 Å². The summed E-state index contributed by atoms with van der Waals surface area (Å²) in [4.78, 5) is 12.6. The highest BCUT2D eigenvalue weighted by Gasteiger charge is 2.31. The highest BCUT2D eigenvalue weighted by atomic mass is 19.1. The van der Waals surface area contributed by atoms with Crippen LogP contribution in [0.4, 0.5) is 4.39 Å². The summed E-state index contributed by atoms with van der Waals surface area (Å²) in [6, 6.07) is 19.6. The van der Waals surface area contributed by atoms with Crippen molar-refractivity contribution in [1.29, 1.82) is 5.26 Å². The Morgan fingerprint density at radius 3 is 2.64 bits per heavy atom. The molecule has 0 radical (unpaired) electrons. The van der Waals surface area contributed by atoms with Crippen LogP contribution in [-0.2, 0) is 4.79 Å². The maximum atomic E-state index is 13.1. The number of fused-ring (bicyclic) bond motifs is 1. The number of carbonyl (C=O) groups is 1. The first kappa shape index (κ1) is 24.4. The quantitative estimate of drug-likeness (QED) is 0.272. The molecule has 0 spiro atoms. The average molecular weight is 486 g/mol. The summed E-state index contributed by atoms with van der Waals surface area (Å²) < 4.78 is 35.4. The van der Waals surface area contributed by atoms with Crippen molar-refractivity contribution in [3.05, 3.63) is 108 Å². The van der Waals surface area contributed by atoms with Gasteiger partial charge in [-0.15, -0.1) is 0 Å². The third kappa shape index (κ3) is 5.31. The predicted octanol–water partition coefficient (Wildman–Crippen LogP) is 4.98. The Labute approximate surface area is 207 Å². The van der Waals surface area contributed by atoms with E-state index in [0.717, 1.165) is 5.56 Å². The van der Waals surface area contributed by atoms with Crippen molar-refractivity contribution in [2.75, 3.05) is 6.61 Å². The van der Waals surface area contributed by atoms with Crippen LogP contribution in [-0.4, -0.2) is 18.7 Å². The lowest BCUT2D eigenvalue weighted by Gasteiger charge is -2.27. The zero-order chi connectivity index (χ0) is 25.7. The average Bonchev–Trinajstić information content (AvgIpc) is 2.88. The van der Waals surface area contributed by atoms with Gasteiger partial charge in [0.15, 0.2) is 6.10 Å². The van der Waals surface area contributed by atoms with Crippen molar-refractivity contribution in [3.63, 3.8) is 0 Å². The highest BCUT2D eigenvalue weighted by Crippen LogP contribution is 2.44. The normalized spacial score (nSPS) is 15.1. The van der Waals surface area contributed by atoms with E-state index in [4.69, 9.17) is 24.7 Å². The molecule has 0 fully saturated rings. The molecule has 3 aromatic rings. The van der Waals surface area contributed by atoms with Crippen LogP contribution in [0.25, 0.3) is 0 Å². The van der Waals surface area contributed by atoms with E-state index in [-0.39, 0.29) is 17.2 Å². The maximum Gasteiger partial charge on any atom is 0.352 e. The van der Waals surface area contributed by atoms with Gasteiger partial charge >= 0.3 is 5.97 Å². The molecule has 0 aliphatic carbocycles. The highest BCUT2D eigenvalue weighted by molar-refractivity contribution is 5.77. The third-order valence-electron chi connectivity index (χ3n) is 5.43. The van der Waals surface area contributed by atoms with Gasteiger partial charge in [0.1, 0.15) is 47.1 Å². The van der Waals surface area contributed by atoms with Gasteiger partial charge in [0.25, 0.3) is 0 Å². The number of halogens is 1. The Bertz CT molecular complexity index is 1360. The van der Waals surface area contributed by atoms with Gasteiger partial charge in [-0.25, -0.2) is 9.18 Å². The number of rotatable bonds is 8. The molecule has 36 heavy (non-hydrogen) atoms. The molecule has 0 saturated heterocycles. The number of benzene rings is 3. The number of nitrogens with zero attached hydrogens (tertiary/aromatic N) is 1. The van der Waals surface area contributed by atoms with E-state index in [1.165, 1.54) is 37.3 Å². The molecule has 4 rings (SSSR count). The first-order valence-corrected chi connectivity index (χ1v) is 11.1. The Morgan fingerprint density at radius 2 is 1.92 bits per heavy atom. The summed E-state index contributed by atoms with van der Waals surface area (Å²) in [6.07, 6.45) is 0.692. The Balaban J connectivity index is 1.57. The molecule has 182 valence electrons. The summed E-state index contributed by atoms with van der Waals surface area (Å²) in [6.45, 7) is 5.52. The number of ether oxygens (including phenoxy) is 4. The summed E-state index contributed by atoms with van der Waals surface area (Å²) in [7, 11) is 0. The maximum absolute atomic E-state index is 13.1. The van der Waals surface area contributed by atoms with Gasteiger partial charge < -0.3 is 24.7 Å². The molecule has 0 aromatic heterocycles. The van der Waals surface area contributed by atoms with Gasteiger partial charge in [-0.2, -0.15) is 5.26 Å². The number of esters is 1. The largest absolute Gasteiger partial charge is 0.490 e. The second-order valence-corrected chi connectivity index (χ2v) is 7.93. The van der Waals surface area contributed by atoms with Crippen LogP contribution in [0.15, 0.2) is 90.8 Å². The van der Waals surface area contributed by atoms with Crippen molar-refractivity contribution < 1.29 is 28.1 Å². The van der Waals surface area contributed by atoms with Gasteiger partial charge in [-0.1, -0.05) is 30.9 Å². The second kappa shape index (κ2) is 10.7. The second-order valence-electron chi connectivity index (χ2n) is 7.93. The molecule has 1 aliphatic rings. The van der Waals surface area contributed by atoms with Crippen LogP contribution in [0.3, 0.4) is 0 Å². The monoisotopic (exact) mass is 486 g/mol. The predicted molar refractivity (Wildman–Crippen MR) is 130 cm³/mol. The lowest BCUT2D eigenvalue weighted by Crippen LogP contribution is -2.28. The molecular weight excluding hydrogens is 463 g/mol. The molecule has 0 saturated carbocycles. The molecule has 2 N–H and O–H groups in total. The van der Waals surface area contributed by atoms with Crippen molar-refractivity contribution in [2.24, 2.45) is 5.73 Å². The Hall–Kier alpha value is -4.77. The van der Waals surface area contributed by atoms with E-state index < -0.39 is 23.8 Å². The fraction of sp³-hybridized carbons (Fsp3) is 0.143. The number of allylic oxidation sites excluding steroid dienone is 1. The number of hydrogen-bond acceptors (Lipinski definition) is 7. The van der Waals surface area contributed by atoms with E-state index in [1.54, 1.807) is 18.2 Å². The Morgan fingerprint density at radius 1 is 1.17 bits per heavy atom. The van der Waals surface area contributed by atoms with Crippen LogP contribution in [0.2, 0.25) is 0 Å². The minimum atomic E-state index is -0.950. The lowest BCUT2D eigenvalue weighted by atomic mass is 9.83. The van der Waals surface area contributed by atoms with Gasteiger partial charge in [0.05, 0.1) is 5.92 Å². The number of nitrogens with two attached hydrogens (primary N) is 1. The van der Waals surface area contributed by atoms with Crippen LogP contribution in [0.1, 0.15) is 24.0 Å². The first-order valence-electron chi connectivity index (χ1n) is 11.1. The third-order valence-corrected chi connectivity index (χ3v) is 5.43. The van der Waals surface area contributed by atoms with Crippen LogP contribution < -0.4 is 24.7 Å². The summed E-state index contributed by atoms with van der Waals surface area (Å²) >= 11 is 0. The molecule has 1 aliphatic heterocycles. The minimum Gasteiger partial charge on any atom is -0.490 e. The van der Waals surface area contributed by atoms with Gasteiger partial charge in [0.2, 0.25) is 5.88 Å². The molecule has 2 atom stereocenters. The molecule has 1 heterocycles. The zero-order valence-corrected chi connectivity index (χ0v) is 19.4. The van der Waals surface area contributed by atoms with E-state index in [2.05, 4.69) is 12.6 Å². The SMILES string of the molecule is C=CCOc1cccc(C2C(C#N)=C(N)Oc3cc(OC(=O)C(C)Oc4ccc(F)cc4)ccc32)c1. The molecule has 3 aromatic carbocycles. The van der Waals surface area contributed by atoms with Crippen molar-refractivity contribution >= 4 is 5.97 Å². The smallest absolute Gasteiger partial charge is 0.352 e. The van der Waals surface area contributed by atoms with Crippen LogP contribution in [0, 0.1) is 17.1 Å². The van der Waals surface area contributed by atoms with Crippen molar-refractivity contribution in [3.8, 4) is 29.1 Å². The lowest BCUT2D eigenvalue weighted by molar-refractivity contribution is -0.141. The standard InChI is InChI=1S/C28H23FN2O5/c1-3-13-33-21-6-4-5-18(14-21)26-23-12-11-22(15-25(23)36-27(31)24(26)16-30)35-28(32)17(2)34-20-9-7-19(29)8-10-20/h3-12,14-15,17,26H,1,13,31H2,2H3. The minimum absolute atomic E-state index is 0.0381. The van der Waals surface area contributed by atoms with Gasteiger partial charge in [-0.3, -0.25) is 0 Å². The summed E-state index contributed by atoms with van der Waals surface area (Å²) in [5.74, 6) is -0.0838. The summed E-state index contributed by atoms with van der Waals surface area (Å²) in [5, 5.41) is 9.78. The van der Waals surface area contributed by atoms with E-state index in [9.17, 15) is 14.4 Å². The molecular formula is C28H23FN2O5. The zero-order valence-electron chi connectivity index (χ0n) is 19.4. The van der Waals surface area contributed by atoms with Crippen LogP contribution in [0.5, 0.6) is 23.0 Å². The van der Waals surface area contributed by atoms with Gasteiger partial charge in [-0.05, 0) is 55.0 Å². The Kier molecular flexibility index (Phi) is 7.21. The molecule has 8 heteroatoms. The number of hydrogen-bond donors (Lipinski definition) is 1. The van der Waals surface area contributed by atoms with E-state index >= 15 is 0 Å². The topological polar surface area (TPSA) is 104 Å². The fourth-order valence-corrected chi connectivity index (χ4v) is 3.75. The first-order chi connectivity index (χ1) is 17.4. The van der Waals surface area contributed by atoms with Crippen molar-refractivity contribution in [1.82, 2.24) is 0 Å². The number of nitriles is 1. The number of carbonyl (C=O) groups excluding carboxylic acids is 1. The van der Waals surface area contributed by atoms with Gasteiger partial charge in [0, 0.05) is 11.6 Å². The van der Waals surface area contributed by atoms with E-state index in [1.807, 2.05) is 24.3 Å². The molecule has 2 unspecified atom stereocenters.